The first-order valence-electron chi connectivity index (χ1n) is 9.63. The molecule has 3 rings (SSSR count). The molecular formula is C21H25F3N4O2. The minimum atomic E-state index is -4.77. The summed E-state index contributed by atoms with van der Waals surface area (Å²) in [5, 5.41) is 30.5. The minimum absolute atomic E-state index is 0.0407. The Morgan fingerprint density at radius 3 is 2.43 bits per heavy atom. The number of likely N-dealkylation sites (tertiary alicyclic amines) is 1. The van der Waals surface area contributed by atoms with Gasteiger partial charge in [0.25, 0.3) is 0 Å². The van der Waals surface area contributed by atoms with Crippen molar-refractivity contribution in [1.29, 1.82) is 5.41 Å². The zero-order valence-electron chi connectivity index (χ0n) is 16.8. The number of hydrogen-bond acceptors (Lipinski definition) is 6. The van der Waals surface area contributed by atoms with Crippen LogP contribution in [-0.2, 0) is 0 Å². The van der Waals surface area contributed by atoms with Crippen molar-refractivity contribution in [3.63, 3.8) is 0 Å². The summed E-state index contributed by atoms with van der Waals surface area (Å²) >= 11 is 0. The van der Waals surface area contributed by atoms with Gasteiger partial charge in [0, 0.05) is 19.1 Å². The van der Waals surface area contributed by atoms with Gasteiger partial charge in [-0.25, -0.2) is 0 Å². The Morgan fingerprint density at radius 2 is 1.87 bits per heavy atom. The highest BCUT2D eigenvalue weighted by atomic mass is 19.4. The predicted molar refractivity (Wildman–Crippen MR) is 109 cm³/mol. The van der Waals surface area contributed by atoms with Crippen molar-refractivity contribution in [2.45, 2.75) is 31.2 Å². The molecule has 1 atom stereocenters. The largest absolute Gasteiger partial charge is 0.418 e. The molecule has 6 nitrogen and oxygen atoms in total. The lowest BCUT2D eigenvalue weighted by molar-refractivity contribution is -0.206. The fourth-order valence-corrected chi connectivity index (χ4v) is 3.81. The maximum atomic E-state index is 12.9. The second kappa shape index (κ2) is 8.61. The number of aliphatic hydroxyl groups is 1. The maximum Gasteiger partial charge on any atom is 0.418 e. The number of alkyl halides is 3. The van der Waals surface area contributed by atoms with Crippen LogP contribution in [0, 0.1) is 5.41 Å². The molecule has 0 radical (unpaired) electrons. The van der Waals surface area contributed by atoms with Gasteiger partial charge in [0.1, 0.15) is 11.4 Å². The van der Waals surface area contributed by atoms with Crippen molar-refractivity contribution < 1.29 is 23.5 Å². The van der Waals surface area contributed by atoms with E-state index in [4.69, 9.17) is 5.41 Å². The fraction of sp³-hybridized carbons (Fsp3) is 0.429. The Bertz CT molecular complexity index is 898. The van der Waals surface area contributed by atoms with Crippen molar-refractivity contribution >= 4 is 17.0 Å². The van der Waals surface area contributed by atoms with Crippen LogP contribution in [0.2, 0.25) is 0 Å². The van der Waals surface area contributed by atoms with Crippen molar-refractivity contribution in [3.05, 3.63) is 53.2 Å². The van der Waals surface area contributed by atoms with Crippen LogP contribution in [0.15, 0.2) is 47.3 Å². The number of rotatable bonds is 4. The maximum absolute atomic E-state index is 12.9. The number of halogens is 3. The Morgan fingerprint density at radius 1 is 1.20 bits per heavy atom. The van der Waals surface area contributed by atoms with Crippen LogP contribution in [0.3, 0.4) is 0 Å². The van der Waals surface area contributed by atoms with E-state index < -0.39 is 12.3 Å². The lowest BCUT2D eigenvalue weighted by Crippen LogP contribution is -2.43. The molecule has 0 spiro atoms. The number of hydrogen-bond donors (Lipinski definition) is 3. The van der Waals surface area contributed by atoms with E-state index in [-0.39, 0.29) is 17.0 Å². The molecule has 1 aliphatic heterocycles. The SMILES string of the molecule is CN(C)C1CCN(C2=CC(c3cccc(C(O)C(F)(F)F)c3)=C/C(=N/O)C2=N)CC1. The molecule has 1 aromatic rings. The fourth-order valence-electron chi connectivity index (χ4n) is 3.81. The summed E-state index contributed by atoms with van der Waals surface area (Å²) in [6.45, 7) is 1.44. The van der Waals surface area contributed by atoms with E-state index in [1.165, 1.54) is 24.3 Å². The van der Waals surface area contributed by atoms with Crippen LogP contribution in [0.5, 0.6) is 0 Å². The number of oxime groups is 1. The highest BCUT2D eigenvalue weighted by Gasteiger charge is 2.39. The Hall–Kier alpha value is -2.65. The van der Waals surface area contributed by atoms with Gasteiger partial charge >= 0.3 is 6.18 Å². The number of allylic oxidation sites excluding steroid dienone is 4. The molecule has 1 aliphatic carbocycles. The van der Waals surface area contributed by atoms with Crippen LogP contribution in [0.25, 0.3) is 5.57 Å². The summed E-state index contributed by atoms with van der Waals surface area (Å²) < 4.78 is 38.7. The molecule has 1 fully saturated rings. The standard InChI is InChI=1S/C21H25F3N4O2/c1-27(2)16-6-8-28(9-7-16)18-12-15(11-17(26-30)19(18)25)13-4-3-5-14(10-13)20(29)21(22,23)24/h3-5,10-12,16,20,25,29-30H,6-9H2,1-2H3/b25-19?,26-17-. The zero-order chi connectivity index (χ0) is 22.1. The summed E-state index contributed by atoms with van der Waals surface area (Å²) in [5.41, 5.74) is 1.35. The average Bonchev–Trinajstić information content (AvgIpc) is 2.73. The van der Waals surface area contributed by atoms with Crippen molar-refractivity contribution in [3.8, 4) is 0 Å². The Labute approximate surface area is 173 Å². The highest BCUT2D eigenvalue weighted by Crippen LogP contribution is 2.34. The second-order valence-corrected chi connectivity index (χ2v) is 7.74. The first kappa shape index (κ1) is 22.0. The van der Waals surface area contributed by atoms with Gasteiger partial charge in [0.05, 0.1) is 5.70 Å². The summed E-state index contributed by atoms with van der Waals surface area (Å²) in [6, 6.07) is 5.98. The van der Waals surface area contributed by atoms with E-state index in [0.717, 1.165) is 25.9 Å². The normalized spacial score (nSPS) is 21.1. The Balaban J connectivity index is 1.92. The van der Waals surface area contributed by atoms with Gasteiger partial charge in [0.15, 0.2) is 6.10 Å². The molecule has 1 unspecified atom stereocenters. The summed E-state index contributed by atoms with van der Waals surface area (Å²) in [7, 11) is 4.06. The topological polar surface area (TPSA) is 83.2 Å². The first-order valence-corrected chi connectivity index (χ1v) is 9.63. The van der Waals surface area contributed by atoms with Gasteiger partial charge in [-0.1, -0.05) is 23.4 Å². The second-order valence-electron chi connectivity index (χ2n) is 7.74. The molecule has 162 valence electrons. The number of benzene rings is 1. The van der Waals surface area contributed by atoms with E-state index >= 15 is 0 Å². The molecule has 0 saturated carbocycles. The quantitative estimate of drug-likeness (QED) is 0.394. The smallest absolute Gasteiger partial charge is 0.410 e. The van der Waals surface area contributed by atoms with Crippen molar-refractivity contribution in [2.24, 2.45) is 5.16 Å². The molecular weight excluding hydrogens is 397 g/mol. The van der Waals surface area contributed by atoms with Gasteiger partial charge in [-0.3, -0.25) is 5.41 Å². The predicted octanol–water partition coefficient (Wildman–Crippen LogP) is 3.44. The third-order valence-corrected chi connectivity index (χ3v) is 5.59. The molecule has 0 aromatic heterocycles. The van der Waals surface area contributed by atoms with E-state index in [0.29, 0.717) is 22.9 Å². The van der Waals surface area contributed by atoms with Crippen LogP contribution < -0.4 is 0 Å². The van der Waals surface area contributed by atoms with E-state index in [9.17, 15) is 23.5 Å². The number of piperidine rings is 1. The molecule has 1 aromatic carbocycles. The van der Waals surface area contributed by atoms with Crippen LogP contribution in [-0.4, -0.2) is 70.9 Å². The molecule has 1 saturated heterocycles. The van der Waals surface area contributed by atoms with Crippen LogP contribution >= 0.6 is 0 Å². The van der Waals surface area contributed by atoms with Crippen molar-refractivity contribution in [2.75, 3.05) is 27.2 Å². The third-order valence-electron chi connectivity index (χ3n) is 5.59. The first-order chi connectivity index (χ1) is 14.1. The van der Waals surface area contributed by atoms with E-state index in [1.54, 1.807) is 12.1 Å². The molecule has 1 heterocycles. The molecule has 9 heteroatoms. The van der Waals surface area contributed by atoms with E-state index in [2.05, 4.69) is 10.1 Å². The molecule has 0 bridgehead atoms. The molecule has 0 amide bonds. The van der Waals surface area contributed by atoms with E-state index in [1.807, 2.05) is 19.0 Å². The molecule has 30 heavy (non-hydrogen) atoms. The van der Waals surface area contributed by atoms with Crippen LogP contribution in [0.1, 0.15) is 30.1 Å². The monoisotopic (exact) mass is 422 g/mol. The van der Waals surface area contributed by atoms with Gasteiger partial charge in [-0.2, -0.15) is 13.2 Å². The Kier molecular flexibility index (Phi) is 6.33. The number of nitrogens with one attached hydrogen (secondary N) is 1. The molecule has 2 aliphatic rings. The lowest BCUT2D eigenvalue weighted by atomic mass is 9.92. The van der Waals surface area contributed by atoms with Gasteiger partial charge in [-0.05, 0) is 61.9 Å². The third kappa shape index (κ3) is 4.57. The number of aliphatic hydroxyl groups excluding tert-OH is 1. The van der Waals surface area contributed by atoms with Gasteiger partial charge in [-0.15, -0.1) is 0 Å². The lowest BCUT2D eigenvalue weighted by Gasteiger charge is -2.38. The van der Waals surface area contributed by atoms with Crippen molar-refractivity contribution in [1.82, 2.24) is 9.80 Å². The average molecular weight is 422 g/mol. The summed E-state index contributed by atoms with van der Waals surface area (Å²) in [5.74, 6) is 0. The van der Waals surface area contributed by atoms with Gasteiger partial charge < -0.3 is 20.1 Å². The van der Waals surface area contributed by atoms with Gasteiger partial charge in [0.2, 0.25) is 0 Å². The highest BCUT2D eigenvalue weighted by molar-refractivity contribution is 6.53. The number of nitrogens with zero attached hydrogens (tertiary/aromatic N) is 3. The summed E-state index contributed by atoms with van der Waals surface area (Å²) in [6.07, 6.45) is -2.34. The van der Waals surface area contributed by atoms with Crippen LogP contribution in [0.4, 0.5) is 13.2 Å². The minimum Gasteiger partial charge on any atom is -0.410 e. The zero-order valence-corrected chi connectivity index (χ0v) is 16.8. The molecule has 3 N–H and O–H groups in total. The summed E-state index contributed by atoms with van der Waals surface area (Å²) in [4.78, 5) is 4.20.